The summed E-state index contributed by atoms with van der Waals surface area (Å²) in [6.07, 6.45) is 2.86. The number of fused-ring (bicyclic) bond motifs is 3. The van der Waals surface area contributed by atoms with E-state index in [1.807, 2.05) is 6.07 Å². The van der Waals surface area contributed by atoms with Gasteiger partial charge in [0.25, 0.3) is 0 Å². The number of rotatable bonds is 3. The van der Waals surface area contributed by atoms with E-state index in [4.69, 9.17) is 4.74 Å². The first-order valence-corrected chi connectivity index (χ1v) is 6.40. The molecule has 1 atom stereocenters. The van der Waals surface area contributed by atoms with Crippen LogP contribution in [0.25, 0.3) is 0 Å². The van der Waals surface area contributed by atoms with Crippen LogP contribution in [0.4, 0.5) is 4.39 Å². The van der Waals surface area contributed by atoms with Crippen LogP contribution < -0.4 is 0 Å². The summed E-state index contributed by atoms with van der Waals surface area (Å²) in [6.45, 7) is 4.04. The average Bonchev–Trinajstić information content (AvgIpc) is 2.38. The quantitative estimate of drug-likeness (QED) is 0.798. The number of nitrogens with zero attached hydrogens (tertiary/aromatic N) is 1. The van der Waals surface area contributed by atoms with Crippen LogP contribution in [0.1, 0.15) is 18.4 Å². The third-order valence-corrected chi connectivity index (χ3v) is 3.95. The van der Waals surface area contributed by atoms with Gasteiger partial charge in [-0.3, -0.25) is 0 Å². The fourth-order valence-corrected chi connectivity index (χ4v) is 2.93. The number of hydrogen-bond donors (Lipinski definition) is 0. The van der Waals surface area contributed by atoms with Gasteiger partial charge in [-0.15, -0.1) is 0 Å². The molecule has 0 radical (unpaired) electrons. The molecule has 0 spiro atoms. The SMILES string of the molecule is Fc1cccc(CO[C@H]2CN3CCC2CC3)c1. The molecule has 3 fully saturated rings. The summed E-state index contributed by atoms with van der Waals surface area (Å²) in [5.74, 6) is 0.536. The average molecular weight is 235 g/mol. The van der Waals surface area contributed by atoms with Crippen molar-refractivity contribution in [3.63, 3.8) is 0 Å². The van der Waals surface area contributed by atoms with Gasteiger partial charge >= 0.3 is 0 Å². The molecule has 0 aromatic heterocycles. The summed E-state index contributed by atoms with van der Waals surface area (Å²) in [6, 6.07) is 6.69. The predicted octanol–water partition coefficient (Wildman–Crippen LogP) is 2.44. The summed E-state index contributed by atoms with van der Waals surface area (Å²) >= 11 is 0. The first-order chi connectivity index (χ1) is 8.31. The van der Waals surface area contributed by atoms with Crippen molar-refractivity contribution in [1.82, 2.24) is 4.90 Å². The molecule has 0 aliphatic carbocycles. The Bertz CT molecular complexity index is 388. The first-order valence-electron chi connectivity index (χ1n) is 6.40. The van der Waals surface area contributed by atoms with Crippen molar-refractivity contribution in [3.05, 3.63) is 35.6 Å². The summed E-state index contributed by atoms with van der Waals surface area (Å²) in [5.41, 5.74) is 0.932. The molecule has 2 bridgehead atoms. The molecular weight excluding hydrogens is 217 g/mol. The number of piperidine rings is 3. The zero-order valence-corrected chi connectivity index (χ0v) is 9.94. The van der Waals surface area contributed by atoms with Crippen molar-refractivity contribution in [2.24, 2.45) is 5.92 Å². The van der Waals surface area contributed by atoms with Crippen LogP contribution in [0.15, 0.2) is 24.3 Å². The minimum absolute atomic E-state index is 0.181. The monoisotopic (exact) mass is 235 g/mol. The maximum atomic E-state index is 13.0. The normalized spacial score (nSPS) is 31.7. The molecule has 0 amide bonds. The first kappa shape index (κ1) is 11.2. The van der Waals surface area contributed by atoms with Gasteiger partial charge in [0.15, 0.2) is 0 Å². The number of hydrogen-bond acceptors (Lipinski definition) is 2. The van der Waals surface area contributed by atoms with E-state index in [9.17, 15) is 4.39 Å². The van der Waals surface area contributed by atoms with E-state index in [0.29, 0.717) is 18.6 Å². The molecule has 3 aliphatic heterocycles. The number of halogens is 1. The Labute approximate surface area is 101 Å². The van der Waals surface area contributed by atoms with Crippen LogP contribution in [0, 0.1) is 11.7 Å². The van der Waals surface area contributed by atoms with E-state index in [0.717, 1.165) is 12.1 Å². The molecule has 0 N–H and O–H groups in total. The summed E-state index contributed by atoms with van der Waals surface area (Å²) in [5, 5.41) is 0. The Morgan fingerprint density at radius 3 is 2.76 bits per heavy atom. The molecular formula is C14H18FNO. The molecule has 3 heteroatoms. The van der Waals surface area contributed by atoms with Gasteiger partial charge < -0.3 is 9.64 Å². The Balaban J connectivity index is 1.57. The van der Waals surface area contributed by atoms with Crippen molar-refractivity contribution in [2.75, 3.05) is 19.6 Å². The smallest absolute Gasteiger partial charge is 0.123 e. The second-order valence-electron chi connectivity index (χ2n) is 5.12. The van der Waals surface area contributed by atoms with Crippen LogP contribution in [0.3, 0.4) is 0 Å². The van der Waals surface area contributed by atoms with E-state index in [1.54, 1.807) is 12.1 Å². The van der Waals surface area contributed by atoms with Crippen molar-refractivity contribution in [2.45, 2.75) is 25.6 Å². The third-order valence-electron chi connectivity index (χ3n) is 3.95. The van der Waals surface area contributed by atoms with E-state index < -0.39 is 0 Å². The molecule has 4 rings (SSSR count). The second-order valence-corrected chi connectivity index (χ2v) is 5.12. The zero-order valence-electron chi connectivity index (χ0n) is 9.94. The lowest BCUT2D eigenvalue weighted by Crippen LogP contribution is -2.51. The number of benzene rings is 1. The highest BCUT2D eigenvalue weighted by atomic mass is 19.1. The minimum Gasteiger partial charge on any atom is -0.372 e. The zero-order chi connectivity index (χ0) is 11.7. The summed E-state index contributed by atoms with van der Waals surface area (Å²) in [4.78, 5) is 2.47. The van der Waals surface area contributed by atoms with Crippen LogP contribution in [-0.4, -0.2) is 30.6 Å². The molecule has 3 aliphatic rings. The van der Waals surface area contributed by atoms with E-state index >= 15 is 0 Å². The highest BCUT2D eigenvalue weighted by Crippen LogP contribution is 2.30. The molecule has 1 aromatic carbocycles. The maximum absolute atomic E-state index is 13.0. The Hall–Kier alpha value is -0.930. The van der Waals surface area contributed by atoms with Gasteiger partial charge in [0.1, 0.15) is 5.82 Å². The van der Waals surface area contributed by atoms with Crippen molar-refractivity contribution in [1.29, 1.82) is 0 Å². The van der Waals surface area contributed by atoms with Crippen LogP contribution in [0.2, 0.25) is 0 Å². The van der Waals surface area contributed by atoms with Gasteiger partial charge in [0, 0.05) is 6.54 Å². The fraction of sp³-hybridized carbons (Fsp3) is 0.571. The van der Waals surface area contributed by atoms with Crippen LogP contribution in [0.5, 0.6) is 0 Å². The van der Waals surface area contributed by atoms with Gasteiger partial charge in [0.05, 0.1) is 12.7 Å². The maximum Gasteiger partial charge on any atom is 0.123 e. The molecule has 2 nitrogen and oxygen atoms in total. The van der Waals surface area contributed by atoms with Crippen molar-refractivity contribution in [3.8, 4) is 0 Å². The van der Waals surface area contributed by atoms with E-state index in [-0.39, 0.29) is 5.82 Å². The second kappa shape index (κ2) is 4.75. The molecule has 3 heterocycles. The Kier molecular flexibility index (Phi) is 3.12. The summed E-state index contributed by atoms with van der Waals surface area (Å²) < 4.78 is 19.0. The van der Waals surface area contributed by atoms with Crippen molar-refractivity contribution >= 4 is 0 Å². The topological polar surface area (TPSA) is 12.5 Å². The predicted molar refractivity (Wildman–Crippen MR) is 64.1 cm³/mol. The molecule has 0 saturated carbocycles. The lowest BCUT2D eigenvalue weighted by atomic mass is 9.86. The largest absolute Gasteiger partial charge is 0.372 e. The van der Waals surface area contributed by atoms with Gasteiger partial charge in [-0.1, -0.05) is 12.1 Å². The van der Waals surface area contributed by atoms with Gasteiger partial charge in [-0.05, 0) is 49.5 Å². The van der Waals surface area contributed by atoms with E-state index in [1.165, 1.54) is 32.0 Å². The van der Waals surface area contributed by atoms with Crippen LogP contribution >= 0.6 is 0 Å². The highest BCUT2D eigenvalue weighted by molar-refractivity contribution is 5.15. The molecule has 3 saturated heterocycles. The minimum atomic E-state index is -0.181. The Morgan fingerprint density at radius 2 is 2.12 bits per heavy atom. The van der Waals surface area contributed by atoms with Crippen LogP contribution in [-0.2, 0) is 11.3 Å². The molecule has 17 heavy (non-hydrogen) atoms. The highest BCUT2D eigenvalue weighted by Gasteiger charge is 2.34. The molecule has 92 valence electrons. The van der Waals surface area contributed by atoms with Crippen molar-refractivity contribution < 1.29 is 9.13 Å². The molecule has 1 aromatic rings. The fourth-order valence-electron chi connectivity index (χ4n) is 2.93. The summed E-state index contributed by atoms with van der Waals surface area (Å²) in [7, 11) is 0. The van der Waals surface area contributed by atoms with Gasteiger partial charge in [0.2, 0.25) is 0 Å². The third kappa shape index (κ3) is 2.50. The Morgan fingerprint density at radius 1 is 1.29 bits per heavy atom. The lowest BCUT2D eigenvalue weighted by molar-refractivity contribution is -0.0766. The standard InChI is InChI=1S/C14H18FNO/c15-13-3-1-2-11(8-13)10-17-14-9-16-6-4-12(14)5-7-16/h1-3,8,12,14H,4-7,9-10H2/t14-/m0/s1. The van der Waals surface area contributed by atoms with Gasteiger partial charge in [-0.2, -0.15) is 0 Å². The van der Waals surface area contributed by atoms with Gasteiger partial charge in [-0.25, -0.2) is 4.39 Å². The molecule has 0 unspecified atom stereocenters. The number of ether oxygens (including phenoxy) is 1. The lowest BCUT2D eigenvalue weighted by Gasteiger charge is -2.44. The van der Waals surface area contributed by atoms with E-state index in [2.05, 4.69) is 4.90 Å².